The van der Waals surface area contributed by atoms with Crippen LogP contribution in [0.4, 0.5) is 5.69 Å². The van der Waals surface area contributed by atoms with E-state index < -0.39 is 0 Å². The molecule has 3 aromatic carbocycles. The van der Waals surface area contributed by atoms with E-state index in [1.54, 1.807) is 7.11 Å². The first-order chi connectivity index (χ1) is 17.6. The first kappa shape index (κ1) is 23.6. The molecule has 36 heavy (non-hydrogen) atoms. The molecule has 8 heteroatoms. The molecular weight excluding hydrogens is 472 g/mol. The van der Waals surface area contributed by atoms with Gasteiger partial charge in [0, 0.05) is 16.9 Å². The van der Waals surface area contributed by atoms with Gasteiger partial charge in [0.15, 0.2) is 5.11 Å². The smallest absolute Gasteiger partial charge is 0.258 e. The molecular formula is C28H26N4O3S. The molecule has 5 rings (SSSR count). The Labute approximate surface area is 215 Å². The van der Waals surface area contributed by atoms with E-state index in [1.807, 2.05) is 97.6 Å². The highest BCUT2D eigenvalue weighted by atomic mass is 32.1. The number of allylic oxidation sites excluding steroid dienone is 1. The molecule has 1 unspecified atom stereocenters. The van der Waals surface area contributed by atoms with Gasteiger partial charge in [0.25, 0.3) is 5.89 Å². The van der Waals surface area contributed by atoms with Crippen LogP contribution in [0.5, 0.6) is 11.5 Å². The number of hydrogen-bond acceptors (Lipinski definition) is 6. The van der Waals surface area contributed by atoms with E-state index in [0.29, 0.717) is 23.4 Å². The minimum absolute atomic E-state index is 0.310. The summed E-state index contributed by atoms with van der Waals surface area (Å²) in [6.07, 6.45) is 0. The Bertz CT molecular complexity index is 1400. The Balaban J connectivity index is 1.63. The summed E-state index contributed by atoms with van der Waals surface area (Å²) in [5, 5.41) is 8.32. The van der Waals surface area contributed by atoms with Gasteiger partial charge in [-0.25, -0.2) is 0 Å². The molecule has 0 saturated carbocycles. The number of thiocarbonyl (C=S) groups is 1. The minimum Gasteiger partial charge on any atom is -0.497 e. The van der Waals surface area contributed by atoms with Crippen LogP contribution < -0.4 is 19.7 Å². The first-order valence-electron chi connectivity index (χ1n) is 11.7. The third-order valence-electron chi connectivity index (χ3n) is 6.01. The quantitative estimate of drug-likeness (QED) is 0.311. The second kappa shape index (κ2) is 10.2. The summed E-state index contributed by atoms with van der Waals surface area (Å²) >= 11 is 5.84. The molecule has 1 aromatic heterocycles. The summed E-state index contributed by atoms with van der Waals surface area (Å²) in [5.74, 6) is 2.50. The maximum atomic E-state index is 5.84. The van der Waals surface area contributed by atoms with E-state index in [2.05, 4.69) is 10.5 Å². The number of benzene rings is 3. The summed E-state index contributed by atoms with van der Waals surface area (Å²) in [6.45, 7) is 4.58. The van der Waals surface area contributed by atoms with Crippen LogP contribution in [0.2, 0.25) is 0 Å². The average Bonchev–Trinajstić information content (AvgIpc) is 3.40. The van der Waals surface area contributed by atoms with Crippen LogP contribution in [0.1, 0.15) is 31.3 Å². The number of rotatable bonds is 7. The Morgan fingerprint density at radius 3 is 2.50 bits per heavy atom. The van der Waals surface area contributed by atoms with E-state index in [4.69, 9.17) is 31.2 Å². The SMILES string of the molecule is CCOc1ccc(N2C(=S)NC(c3cccc(OC)c3)C(c3nc(-c4ccccc4)no3)=C2C)cc1. The van der Waals surface area contributed by atoms with E-state index in [1.165, 1.54) is 0 Å². The van der Waals surface area contributed by atoms with Crippen molar-refractivity contribution in [2.45, 2.75) is 19.9 Å². The van der Waals surface area contributed by atoms with Gasteiger partial charge in [0.1, 0.15) is 11.5 Å². The molecule has 0 amide bonds. The Morgan fingerprint density at radius 1 is 1.00 bits per heavy atom. The van der Waals surface area contributed by atoms with E-state index in [-0.39, 0.29) is 6.04 Å². The van der Waals surface area contributed by atoms with Crippen LogP contribution in [-0.2, 0) is 0 Å². The third kappa shape index (κ3) is 4.55. The van der Waals surface area contributed by atoms with Gasteiger partial charge in [-0.3, -0.25) is 4.90 Å². The zero-order valence-corrected chi connectivity index (χ0v) is 21.1. The predicted octanol–water partition coefficient (Wildman–Crippen LogP) is 6.01. The lowest BCUT2D eigenvalue weighted by atomic mass is 9.94. The fourth-order valence-electron chi connectivity index (χ4n) is 4.30. The molecule has 0 spiro atoms. The molecule has 0 aliphatic carbocycles. The fourth-order valence-corrected chi connectivity index (χ4v) is 4.66. The second-order valence-corrected chi connectivity index (χ2v) is 8.60. The second-order valence-electron chi connectivity index (χ2n) is 8.21. The van der Waals surface area contributed by atoms with Gasteiger partial charge in [-0.05, 0) is 68.0 Å². The Morgan fingerprint density at radius 2 is 1.78 bits per heavy atom. The van der Waals surface area contributed by atoms with Crippen LogP contribution in [0.25, 0.3) is 17.0 Å². The van der Waals surface area contributed by atoms with Crippen molar-refractivity contribution in [2.24, 2.45) is 0 Å². The van der Waals surface area contributed by atoms with Crippen LogP contribution >= 0.6 is 12.2 Å². The number of ether oxygens (including phenoxy) is 2. The van der Waals surface area contributed by atoms with Crippen molar-refractivity contribution in [3.05, 3.63) is 96.0 Å². The van der Waals surface area contributed by atoms with Crippen molar-refractivity contribution in [3.8, 4) is 22.9 Å². The predicted molar refractivity (Wildman–Crippen MR) is 144 cm³/mol. The summed E-state index contributed by atoms with van der Waals surface area (Å²) < 4.78 is 16.9. The summed E-state index contributed by atoms with van der Waals surface area (Å²) in [4.78, 5) is 6.74. The molecule has 1 aliphatic rings. The Hall–Kier alpha value is -4.17. The number of aromatic nitrogens is 2. The number of hydrogen-bond donors (Lipinski definition) is 1. The number of nitrogens with zero attached hydrogens (tertiary/aromatic N) is 3. The lowest BCUT2D eigenvalue weighted by Gasteiger charge is -2.37. The van der Waals surface area contributed by atoms with Gasteiger partial charge in [-0.15, -0.1) is 0 Å². The van der Waals surface area contributed by atoms with Crippen molar-refractivity contribution in [2.75, 3.05) is 18.6 Å². The first-order valence-corrected chi connectivity index (χ1v) is 12.1. The standard InChI is InChI=1S/C28H26N4O3S/c1-4-34-22-15-13-21(14-16-22)32-18(2)24(27-30-26(31-35-27)19-9-6-5-7-10-19)25(29-28(32)36)20-11-8-12-23(17-20)33-3/h5-17,25H,4H2,1-3H3,(H,29,36). The number of nitrogens with one attached hydrogen (secondary N) is 1. The van der Waals surface area contributed by atoms with E-state index in [0.717, 1.165) is 39.6 Å². The van der Waals surface area contributed by atoms with Gasteiger partial charge < -0.3 is 19.3 Å². The largest absolute Gasteiger partial charge is 0.497 e. The number of methoxy groups -OCH3 is 1. The highest BCUT2D eigenvalue weighted by molar-refractivity contribution is 7.80. The minimum atomic E-state index is -0.310. The molecule has 1 aliphatic heterocycles. The van der Waals surface area contributed by atoms with Crippen molar-refractivity contribution >= 4 is 28.6 Å². The topological polar surface area (TPSA) is 72.7 Å². The summed E-state index contributed by atoms with van der Waals surface area (Å²) in [6, 6.07) is 25.1. The molecule has 182 valence electrons. The molecule has 1 atom stereocenters. The van der Waals surface area contributed by atoms with Crippen LogP contribution in [0.15, 0.2) is 89.1 Å². The molecule has 0 fully saturated rings. The molecule has 1 N–H and O–H groups in total. The van der Waals surface area contributed by atoms with Crippen LogP contribution in [0.3, 0.4) is 0 Å². The lowest BCUT2D eigenvalue weighted by Crippen LogP contribution is -2.46. The van der Waals surface area contributed by atoms with Crippen molar-refractivity contribution in [3.63, 3.8) is 0 Å². The molecule has 0 saturated heterocycles. The third-order valence-corrected chi connectivity index (χ3v) is 6.31. The Kier molecular flexibility index (Phi) is 6.69. The molecule has 4 aromatic rings. The molecule has 0 bridgehead atoms. The van der Waals surface area contributed by atoms with Gasteiger partial charge in [-0.1, -0.05) is 47.6 Å². The maximum Gasteiger partial charge on any atom is 0.258 e. The highest BCUT2D eigenvalue weighted by Crippen LogP contribution is 2.40. The van der Waals surface area contributed by atoms with Gasteiger partial charge in [-0.2, -0.15) is 4.98 Å². The van der Waals surface area contributed by atoms with Crippen molar-refractivity contribution in [1.82, 2.24) is 15.5 Å². The van der Waals surface area contributed by atoms with Crippen molar-refractivity contribution < 1.29 is 14.0 Å². The highest BCUT2D eigenvalue weighted by Gasteiger charge is 2.35. The monoisotopic (exact) mass is 498 g/mol. The molecule has 2 heterocycles. The van der Waals surface area contributed by atoms with E-state index in [9.17, 15) is 0 Å². The maximum absolute atomic E-state index is 5.84. The van der Waals surface area contributed by atoms with E-state index >= 15 is 0 Å². The summed E-state index contributed by atoms with van der Waals surface area (Å²) in [7, 11) is 1.65. The summed E-state index contributed by atoms with van der Waals surface area (Å²) in [5.41, 5.74) is 4.47. The molecule has 7 nitrogen and oxygen atoms in total. The van der Waals surface area contributed by atoms with Crippen LogP contribution in [-0.4, -0.2) is 29.0 Å². The van der Waals surface area contributed by atoms with Gasteiger partial charge in [0.2, 0.25) is 5.82 Å². The number of anilines is 1. The van der Waals surface area contributed by atoms with Crippen molar-refractivity contribution in [1.29, 1.82) is 0 Å². The average molecular weight is 499 g/mol. The van der Waals surface area contributed by atoms with Gasteiger partial charge >= 0.3 is 0 Å². The zero-order valence-electron chi connectivity index (χ0n) is 20.3. The lowest BCUT2D eigenvalue weighted by molar-refractivity contribution is 0.340. The normalized spacial score (nSPS) is 15.6. The van der Waals surface area contributed by atoms with Crippen LogP contribution in [0, 0.1) is 0 Å². The fraction of sp³-hybridized carbons (Fsp3) is 0.179. The molecule has 0 radical (unpaired) electrons. The van der Waals surface area contributed by atoms with Gasteiger partial charge in [0.05, 0.1) is 25.3 Å². The zero-order chi connectivity index (χ0) is 25.1.